The van der Waals surface area contributed by atoms with Gasteiger partial charge in [-0.05, 0) is 42.3 Å². The molecule has 34 heavy (non-hydrogen) atoms. The van der Waals surface area contributed by atoms with Crippen molar-refractivity contribution < 1.29 is 9.18 Å². The molecule has 2 aromatic carbocycles. The average molecular weight is 501 g/mol. The highest BCUT2D eigenvalue weighted by molar-refractivity contribution is 6.09. The summed E-state index contributed by atoms with van der Waals surface area (Å²) in [6.45, 7) is 4.67. The van der Waals surface area contributed by atoms with Crippen LogP contribution < -0.4 is 5.32 Å². The molecule has 3 heterocycles. The van der Waals surface area contributed by atoms with E-state index in [1.807, 2.05) is 47.4 Å². The number of fused-ring (bicyclic) bond motifs is 1. The lowest BCUT2D eigenvalue weighted by atomic mass is 10.00. The van der Waals surface area contributed by atoms with E-state index in [2.05, 4.69) is 14.9 Å². The van der Waals surface area contributed by atoms with Crippen molar-refractivity contribution in [3.8, 4) is 5.69 Å². The molecule has 0 saturated carbocycles. The molecule has 0 aliphatic carbocycles. The zero-order chi connectivity index (χ0) is 22.1. The fourth-order valence-corrected chi connectivity index (χ4v) is 4.52. The van der Waals surface area contributed by atoms with Crippen LogP contribution in [-0.4, -0.2) is 46.5 Å². The fourth-order valence-electron chi connectivity index (χ4n) is 4.52. The van der Waals surface area contributed by atoms with Gasteiger partial charge in [-0.2, -0.15) is 0 Å². The Morgan fingerprint density at radius 1 is 1.03 bits per heavy atom. The number of benzene rings is 2. The number of pyridine rings is 1. The molecule has 1 fully saturated rings. The number of halogens is 3. The van der Waals surface area contributed by atoms with E-state index in [1.165, 1.54) is 6.07 Å². The predicted octanol–water partition coefficient (Wildman–Crippen LogP) is 4.95. The molecule has 5 nitrogen and oxygen atoms in total. The number of para-hydroxylation sites is 1. The van der Waals surface area contributed by atoms with Crippen LogP contribution in [0, 0.1) is 12.7 Å². The van der Waals surface area contributed by atoms with Crippen LogP contribution in [0.1, 0.15) is 27.2 Å². The molecule has 2 aromatic heterocycles. The second-order valence-electron chi connectivity index (χ2n) is 8.13. The third-order valence-electron chi connectivity index (χ3n) is 6.24. The summed E-state index contributed by atoms with van der Waals surface area (Å²) in [7, 11) is 0. The third-order valence-corrected chi connectivity index (χ3v) is 6.24. The molecular formula is C26H27Cl2FN4O. The quantitative estimate of drug-likeness (QED) is 0.431. The minimum atomic E-state index is -0.235. The van der Waals surface area contributed by atoms with Crippen molar-refractivity contribution >= 4 is 41.6 Å². The van der Waals surface area contributed by atoms with Gasteiger partial charge in [-0.25, -0.2) is 4.39 Å². The Kier molecular flexibility index (Phi) is 8.31. The Morgan fingerprint density at radius 2 is 1.76 bits per heavy atom. The van der Waals surface area contributed by atoms with Crippen LogP contribution in [0.5, 0.6) is 0 Å². The Morgan fingerprint density at radius 3 is 2.50 bits per heavy atom. The summed E-state index contributed by atoms with van der Waals surface area (Å²) in [5.41, 5.74) is 4.88. The Balaban J connectivity index is 0.00000162. The molecule has 178 valence electrons. The number of carbonyl (C=O) groups excluding carboxylic acids is 1. The van der Waals surface area contributed by atoms with Crippen molar-refractivity contribution in [1.29, 1.82) is 0 Å². The molecule has 1 amide bonds. The van der Waals surface area contributed by atoms with Gasteiger partial charge in [0, 0.05) is 61.8 Å². The summed E-state index contributed by atoms with van der Waals surface area (Å²) in [5.74, 6) is -0.232. The zero-order valence-electron chi connectivity index (χ0n) is 18.8. The maximum absolute atomic E-state index is 14.4. The lowest BCUT2D eigenvalue weighted by Gasteiger charge is -2.28. The highest BCUT2D eigenvalue weighted by Gasteiger charge is 2.28. The molecule has 1 aliphatic heterocycles. The number of hydrogen-bond donors (Lipinski definition) is 1. The first-order valence-corrected chi connectivity index (χ1v) is 10.9. The molecule has 0 atom stereocenters. The van der Waals surface area contributed by atoms with Crippen LogP contribution in [0.4, 0.5) is 4.39 Å². The van der Waals surface area contributed by atoms with Gasteiger partial charge in [0.2, 0.25) is 0 Å². The molecule has 0 spiro atoms. The summed E-state index contributed by atoms with van der Waals surface area (Å²) in [6, 6.07) is 17.1. The van der Waals surface area contributed by atoms with Crippen LogP contribution in [0.25, 0.3) is 16.6 Å². The van der Waals surface area contributed by atoms with Gasteiger partial charge in [-0.1, -0.05) is 30.3 Å². The number of nitrogens with one attached hydrogen (secondary N) is 1. The summed E-state index contributed by atoms with van der Waals surface area (Å²) < 4.78 is 16.5. The van der Waals surface area contributed by atoms with Crippen LogP contribution >= 0.6 is 24.8 Å². The molecular weight excluding hydrogens is 474 g/mol. The zero-order valence-corrected chi connectivity index (χ0v) is 20.5. The number of aromatic nitrogens is 2. The standard InChI is InChI=1S/C26H25FN4O.2ClH/c1-18-19(6-5-9-22(18)27)16-24-25(26(32)30-14-12-28-13-15-30)21-17-29-11-10-23(21)31(24)20-7-3-2-4-8-20;;/h2-11,17,28H,12-16H2,1H3;2*1H. The molecule has 1 N–H and O–H groups in total. The third kappa shape index (κ3) is 4.67. The maximum Gasteiger partial charge on any atom is 0.256 e. The number of rotatable bonds is 4. The number of amides is 1. The molecule has 8 heteroatoms. The van der Waals surface area contributed by atoms with Crippen molar-refractivity contribution in [2.24, 2.45) is 0 Å². The minimum absolute atomic E-state index is 0. The van der Waals surface area contributed by atoms with Crippen LogP contribution in [0.2, 0.25) is 0 Å². The van der Waals surface area contributed by atoms with Crippen molar-refractivity contribution in [3.63, 3.8) is 0 Å². The topological polar surface area (TPSA) is 50.2 Å². The van der Waals surface area contributed by atoms with Gasteiger partial charge in [0.1, 0.15) is 5.82 Å². The van der Waals surface area contributed by atoms with Gasteiger partial charge in [0.25, 0.3) is 5.91 Å². The summed E-state index contributed by atoms with van der Waals surface area (Å²) in [4.78, 5) is 20.0. The Hall–Kier alpha value is -2.93. The number of carbonyl (C=O) groups is 1. The lowest BCUT2D eigenvalue weighted by molar-refractivity contribution is 0.0736. The Bertz CT molecular complexity index is 1290. The van der Waals surface area contributed by atoms with Gasteiger partial charge < -0.3 is 14.8 Å². The van der Waals surface area contributed by atoms with Gasteiger partial charge in [-0.3, -0.25) is 9.78 Å². The van der Waals surface area contributed by atoms with Crippen LogP contribution in [0.3, 0.4) is 0 Å². The van der Waals surface area contributed by atoms with E-state index >= 15 is 0 Å². The molecule has 1 saturated heterocycles. The maximum atomic E-state index is 14.4. The van der Waals surface area contributed by atoms with E-state index in [9.17, 15) is 9.18 Å². The normalized spacial score (nSPS) is 13.3. The van der Waals surface area contributed by atoms with Gasteiger partial charge in [0.05, 0.1) is 11.1 Å². The lowest BCUT2D eigenvalue weighted by Crippen LogP contribution is -2.46. The molecule has 0 bridgehead atoms. The minimum Gasteiger partial charge on any atom is -0.336 e. The highest BCUT2D eigenvalue weighted by Crippen LogP contribution is 2.32. The second kappa shape index (κ2) is 11.0. The second-order valence-corrected chi connectivity index (χ2v) is 8.13. The van der Waals surface area contributed by atoms with Crippen molar-refractivity contribution in [1.82, 2.24) is 19.8 Å². The summed E-state index contributed by atoms with van der Waals surface area (Å²) in [6.07, 6.45) is 3.96. The SMILES string of the molecule is Cc1c(F)cccc1Cc1c(C(=O)N2CCNCC2)c2cnccc2n1-c1ccccc1.Cl.Cl. The summed E-state index contributed by atoms with van der Waals surface area (Å²) >= 11 is 0. The summed E-state index contributed by atoms with van der Waals surface area (Å²) in [5, 5.41) is 4.13. The monoisotopic (exact) mass is 500 g/mol. The number of piperazine rings is 1. The van der Waals surface area contributed by atoms with Gasteiger partial charge in [-0.15, -0.1) is 24.8 Å². The van der Waals surface area contributed by atoms with E-state index in [-0.39, 0.29) is 36.5 Å². The first-order valence-electron chi connectivity index (χ1n) is 10.9. The van der Waals surface area contributed by atoms with E-state index in [0.29, 0.717) is 30.6 Å². The average Bonchev–Trinajstić information content (AvgIpc) is 3.16. The highest BCUT2D eigenvalue weighted by atomic mass is 35.5. The van der Waals surface area contributed by atoms with Crippen molar-refractivity contribution in [3.05, 3.63) is 95.2 Å². The smallest absolute Gasteiger partial charge is 0.256 e. The molecule has 0 unspecified atom stereocenters. The first-order chi connectivity index (χ1) is 15.6. The van der Waals surface area contributed by atoms with Gasteiger partial charge >= 0.3 is 0 Å². The van der Waals surface area contributed by atoms with E-state index in [1.54, 1.807) is 25.4 Å². The van der Waals surface area contributed by atoms with Crippen LogP contribution in [0.15, 0.2) is 67.0 Å². The molecule has 4 aromatic rings. The fraction of sp³-hybridized carbons (Fsp3) is 0.231. The van der Waals surface area contributed by atoms with Crippen LogP contribution in [-0.2, 0) is 6.42 Å². The van der Waals surface area contributed by atoms with Crippen molar-refractivity contribution in [2.45, 2.75) is 13.3 Å². The van der Waals surface area contributed by atoms with E-state index in [0.717, 1.165) is 40.9 Å². The Labute approximate surface area is 210 Å². The van der Waals surface area contributed by atoms with Gasteiger partial charge in [0.15, 0.2) is 0 Å². The largest absolute Gasteiger partial charge is 0.336 e. The van der Waals surface area contributed by atoms with Crippen molar-refractivity contribution in [2.75, 3.05) is 26.2 Å². The number of hydrogen-bond acceptors (Lipinski definition) is 3. The predicted molar refractivity (Wildman–Crippen MR) is 138 cm³/mol. The molecule has 0 radical (unpaired) electrons. The molecule has 5 rings (SSSR count). The van der Waals surface area contributed by atoms with E-state index < -0.39 is 0 Å². The first kappa shape index (κ1) is 25.7. The number of nitrogens with zero attached hydrogens (tertiary/aromatic N) is 3. The molecule has 1 aliphatic rings. The van der Waals surface area contributed by atoms with E-state index in [4.69, 9.17) is 0 Å².